The van der Waals surface area contributed by atoms with E-state index in [1.165, 1.54) is 25.9 Å². The third-order valence-corrected chi connectivity index (χ3v) is 3.74. The summed E-state index contributed by atoms with van der Waals surface area (Å²) < 4.78 is 5.19. The maximum atomic E-state index is 11.8. The van der Waals surface area contributed by atoms with Crippen molar-refractivity contribution in [1.82, 2.24) is 10.2 Å². The summed E-state index contributed by atoms with van der Waals surface area (Å²) in [5, 5.41) is 11.6. The van der Waals surface area contributed by atoms with Gasteiger partial charge in [-0.3, -0.25) is 4.79 Å². The minimum absolute atomic E-state index is 0.176. The summed E-state index contributed by atoms with van der Waals surface area (Å²) in [4.78, 5) is 24.9. The summed E-state index contributed by atoms with van der Waals surface area (Å²) in [5.41, 5.74) is 0. The molecule has 2 heterocycles. The van der Waals surface area contributed by atoms with Gasteiger partial charge in [0, 0.05) is 6.54 Å². The van der Waals surface area contributed by atoms with Crippen molar-refractivity contribution in [3.63, 3.8) is 0 Å². The lowest BCUT2D eigenvalue weighted by molar-refractivity contribution is -0.151. The molecule has 0 aromatic carbocycles. The molecule has 2 aliphatic rings. The Hall–Kier alpha value is -1.14. The summed E-state index contributed by atoms with van der Waals surface area (Å²) >= 11 is 0. The Balaban J connectivity index is 1.58. The molecule has 0 saturated carbocycles. The third kappa shape index (κ3) is 4.18. The molecule has 2 saturated heterocycles. The van der Waals surface area contributed by atoms with Crippen LogP contribution in [0, 0.1) is 0 Å². The summed E-state index contributed by atoms with van der Waals surface area (Å²) in [6.45, 7) is 3.98. The van der Waals surface area contributed by atoms with Crippen LogP contribution < -0.4 is 5.32 Å². The van der Waals surface area contributed by atoms with Crippen LogP contribution in [-0.2, 0) is 14.3 Å². The predicted molar refractivity (Wildman–Crippen MR) is 68.8 cm³/mol. The maximum absolute atomic E-state index is 11.8. The molecule has 2 rings (SSSR count). The Morgan fingerprint density at radius 2 is 1.89 bits per heavy atom. The van der Waals surface area contributed by atoms with E-state index < -0.39 is 18.2 Å². The van der Waals surface area contributed by atoms with Crippen molar-refractivity contribution in [3.8, 4) is 0 Å². The normalized spacial score (nSPS) is 27.6. The molecular formula is C13H22N2O4. The molecular weight excluding hydrogens is 248 g/mol. The smallest absolute Gasteiger partial charge is 0.332 e. The minimum Gasteiger partial charge on any atom is -0.479 e. The maximum Gasteiger partial charge on any atom is 0.332 e. The molecule has 0 bridgehead atoms. The largest absolute Gasteiger partial charge is 0.479 e. The van der Waals surface area contributed by atoms with Gasteiger partial charge in [-0.1, -0.05) is 0 Å². The summed E-state index contributed by atoms with van der Waals surface area (Å²) in [6.07, 6.45) is 2.99. The molecule has 0 aromatic heterocycles. The second-order valence-electron chi connectivity index (χ2n) is 5.22. The van der Waals surface area contributed by atoms with Crippen LogP contribution in [0.25, 0.3) is 0 Å². The Morgan fingerprint density at radius 1 is 1.21 bits per heavy atom. The molecule has 108 valence electrons. The predicted octanol–water partition coefficient (Wildman–Crippen LogP) is 0.221. The van der Waals surface area contributed by atoms with E-state index in [0.29, 0.717) is 19.4 Å². The van der Waals surface area contributed by atoms with Gasteiger partial charge in [-0.15, -0.1) is 0 Å². The fraction of sp³-hybridized carbons (Fsp3) is 0.846. The van der Waals surface area contributed by atoms with Gasteiger partial charge in [-0.25, -0.2) is 4.79 Å². The molecule has 6 heteroatoms. The highest BCUT2D eigenvalue weighted by Crippen LogP contribution is 2.19. The van der Waals surface area contributed by atoms with Crippen LogP contribution in [0.5, 0.6) is 0 Å². The Morgan fingerprint density at radius 3 is 2.53 bits per heavy atom. The van der Waals surface area contributed by atoms with Crippen LogP contribution in [-0.4, -0.2) is 60.3 Å². The van der Waals surface area contributed by atoms with Gasteiger partial charge in [0.05, 0.1) is 0 Å². The van der Waals surface area contributed by atoms with Crippen LogP contribution >= 0.6 is 0 Å². The molecule has 2 atom stereocenters. The van der Waals surface area contributed by atoms with E-state index in [9.17, 15) is 9.59 Å². The van der Waals surface area contributed by atoms with Crippen molar-refractivity contribution in [3.05, 3.63) is 0 Å². The van der Waals surface area contributed by atoms with E-state index in [2.05, 4.69) is 10.2 Å². The quantitative estimate of drug-likeness (QED) is 0.675. The monoisotopic (exact) mass is 270 g/mol. The van der Waals surface area contributed by atoms with E-state index in [0.717, 1.165) is 13.0 Å². The molecule has 2 N–H and O–H groups in total. The van der Waals surface area contributed by atoms with E-state index >= 15 is 0 Å². The number of carbonyl (C=O) groups excluding carboxylic acids is 1. The molecule has 6 nitrogen and oxygen atoms in total. The fourth-order valence-electron chi connectivity index (χ4n) is 2.65. The SMILES string of the molecule is O=C(NCCCN1CCCC1)[C@@H]1CC[C@H](C(=O)O)O1. The molecule has 0 aliphatic carbocycles. The number of hydrogen-bond donors (Lipinski definition) is 2. The number of carboxylic acid groups (broad SMARTS) is 1. The van der Waals surface area contributed by atoms with Gasteiger partial charge in [-0.2, -0.15) is 0 Å². The van der Waals surface area contributed by atoms with E-state index in [-0.39, 0.29) is 5.91 Å². The van der Waals surface area contributed by atoms with Gasteiger partial charge < -0.3 is 20.1 Å². The minimum atomic E-state index is -0.982. The van der Waals surface area contributed by atoms with Gasteiger partial charge >= 0.3 is 5.97 Å². The lowest BCUT2D eigenvalue weighted by atomic mass is 10.2. The highest BCUT2D eigenvalue weighted by Gasteiger charge is 2.34. The lowest BCUT2D eigenvalue weighted by Crippen LogP contribution is -2.37. The number of nitrogens with one attached hydrogen (secondary N) is 1. The molecule has 0 aromatic rings. The Bertz CT molecular complexity index is 329. The second kappa shape index (κ2) is 6.86. The van der Waals surface area contributed by atoms with Crippen LogP contribution in [0.1, 0.15) is 32.1 Å². The number of hydrogen-bond acceptors (Lipinski definition) is 4. The van der Waals surface area contributed by atoms with Gasteiger partial charge in [-0.05, 0) is 51.7 Å². The number of amides is 1. The van der Waals surface area contributed by atoms with Crippen molar-refractivity contribution >= 4 is 11.9 Å². The summed E-state index contributed by atoms with van der Waals surface area (Å²) in [7, 11) is 0. The van der Waals surface area contributed by atoms with Crippen molar-refractivity contribution < 1.29 is 19.4 Å². The zero-order valence-corrected chi connectivity index (χ0v) is 11.1. The van der Waals surface area contributed by atoms with Crippen molar-refractivity contribution in [2.24, 2.45) is 0 Å². The zero-order valence-electron chi connectivity index (χ0n) is 11.1. The average molecular weight is 270 g/mol. The van der Waals surface area contributed by atoms with Crippen LogP contribution in [0.3, 0.4) is 0 Å². The molecule has 0 unspecified atom stereocenters. The van der Waals surface area contributed by atoms with Crippen molar-refractivity contribution in [1.29, 1.82) is 0 Å². The van der Waals surface area contributed by atoms with Crippen molar-refractivity contribution in [2.45, 2.75) is 44.3 Å². The second-order valence-corrected chi connectivity index (χ2v) is 5.22. The van der Waals surface area contributed by atoms with E-state index in [1.54, 1.807) is 0 Å². The van der Waals surface area contributed by atoms with Gasteiger partial charge in [0.25, 0.3) is 0 Å². The number of ether oxygens (including phenoxy) is 1. The van der Waals surface area contributed by atoms with Gasteiger partial charge in [0.1, 0.15) is 6.10 Å². The fourth-order valence-corrected chi connectivity index (χ4v) is 2.65. The van der Waals surface area contributed by atoms with Crippen LogP contribution in [0.15, 0.2) is 0 Å². The number of likely N-dealkylation sites (tertiary alicyclic amines) is 1. The first-order chi connectivity index (χ1) is 9.16. The Labute approximate surface area is 113 Å². The van der Waals surface area contributed by atoms with Crippen LogP contribution in [0.4, 0.5) is 0 Å². The molecule has 1 amide bonds. The van der Waals surface area contributed by atoms with Crippen molar-refractivity contribution in [2.75, 3.05) is 26.2 Å². The first-order valence-corrected chi connectivity index (χ1v) is 7.05. The van der Waals surface area contributed by atoms with Gasteiger partial charge in [0.15, 0.2) is 6.10 Å². The molecule has 2 fully saturated rings. The number of carbonyl (C=O) groups is 2. The van der Waals surface area contributed by atoms with Crippen LogP contribution in [0.2, 0.25) is 0 Å². The van der Waals surface area contributed by atoms with Gasteiger partial charge in [0.2, 0.25) is 5.91 Å². The summed E-state index contributed by atoms with van der Waals surface area (Å²) in [6, 6.07) is 0. The van der Waals surface area contributed by atoms with E-state index in [4.69, 9.17) is 9.84 Å². The molecule has 19 heavy (non-hydrogen) atoms. The first-order valence-electron chi connectivity index (χ1n) is 7.05. The number of nitrogens with zero attached hydrogens (tertiary/aromatic N) is 1. The zero-order chi connectivity index (χ0) is 13.7. The lowest BCUT2D eigenvalue weighted by Gasteiger charge is -2.15. The number of rotatable bonds is 6. The Kier molecular flexibility index (Phi) is 5.15. The molecule has 2 aliphatic heterocycles. The number of carboxylic acids is 1. The highest BCUT2D eigenvalue weighted by atomic mass is 16.5. The van der Waals surface area contributed by atoms with E-state index in [1.807, 2.05) is 0 Å². The average Bonchev–Trinajstić information content (AvgIpc) is 3.05. The standard InChI is InChI=1S/C13H22N2O4/c16-12(10-4-5-11(19-10)13(17)18)14-6-3-9-15-7-1-2-8-15/h10-11H,1-9H2,(H,14,16)(H,17,18)/t10-,11+/m0/s1. The third-order valence-electron chi connectivity index (χ3n) is 3.74. The highest BCUT2D eigenvalue weighted by molar-refractivity contribution is 5.82. The summed E-state index contributed by atoms with van der Waals surface area (Å²) in [5.74, 6) is -1.16. The molecule has 0 radical (unpaired) electrons. The topological polar surface area (TPSA) is 78.9 Å². The number of aliphatic carboxylic acids is 1. The first kappa shape index (κ1) is 14.3. The molecule has 0 spiro atoms.